The number of amides is 2. The molecule has 2 heterocycles. The van der Waals surface area contributed by atoms with E-state index < -0.39 is 17.9 Å². The highest BCUT2D eigenvalue weighted by atomic mass is 16.4. The van der Waals surface area contributed by atoms with Crippen LogP contribution in [0.2, 0.25) is 0 Å². The zero-order chi connectivity index (χ0) is 14.0. The van der Waals surface area contributed by atoms with Crippen LogP contribution in [0.15, 0.2) is 18.3 Å². The molecule has 0 aromatic carbocycles. The lowest BCUT2D eigenvalue weighted by Crippen LogP contribution is -2.59. The summed E-state index contributed by atoms with van der Waals surface area (Å²) in [6, 6.07) is 2.32. The van der Waals surface area contributed by atoms with E-state index in [-0.39, 0.29) is 19.0 Å². The number of piperazine rings is 1. The van der Waals surface area contributed by atoms with Crippen molar-refractivity contribution in [3.05, 3.63) is 24.0 Å². The molecule has 102 valence electrons. The Labute approximate surface area is 109 Å². The van der Waals surface area contributed by atoms with Crippen molar-refractivity contribution in [1.82, 2.24) is 14.8 Å². The average molecular weight is 265 g/mol. The van der Waals surface area contributed by atoms with Crippen molar-refractivity contribution in [2.75, 3.05) is 13.1 Å². The van der Waals surface area contributed by atoms with Crippen LogP contribution >= 0.6 is 0 Å². The smallest absolute Gasteiger partial charge is 0.328 e. The van der Waals surface area contributed by atoms with Gasteiger partial charge in [0.1, 0.15) is 18.3 Å². The summed E-state index contributed by atoms with van der Waals surface area (Å²) in [5.74, 6) is -1.91. The van der Waals surface area contributed by atoms with Crippen LogP contribution in [0.3, 0.4) is 0 Å². The topological polar surface area (TPSA) is 91.6 Å². The van der Waals surface area contributed by atoms with Crippen LogP contribution in [-0.2, 0) is 16.1 Å². The third-order valence-electron chi connectivity index (χ3n) is 3.12. The number of nitrogens with one attached hydrogen (secondary N) is 1. The molecule has 0 aliphatic carbocycles. The minimum atomic E-state index is -1.12. The zero-order valence-electron chi connectivity index (χ0n) is 10.5. The van der Waals surface area contributed by atoms with Crippen LogP contribution in [0.25, 0.3) is 0 Å². The van der Waals surface area contributed by atoms with Gasteiger partial charge in [-0.2, -0.15) is 0 Å². The number of aliphatic carboxylic acids is 1. The summed E-state index contributed by atoms with van der Waals surface area (Å²) >= 11 is 0. The number of carbonyl (C=O) groups is 3. The quantitative estimate of drug-likeness (QED) is 0.773. The molecule has 1 aromatic heterocycles. The predicted octanol–water partition coefficient (Wildman–Crippen LogP) is -0.467. The van der Waals surface area contributed by atoms with Gasteiger partial charge in [0.2, 0.25) is 5.91 Å². The molecule has 1 unspecified atom stereocenters. The van der Waals surface area contributed by atoms with Gasteiger partial charge in [0.15, 0.2) is 0 Å². The summed E-state index contributed by atoms with van der Waals surface area (Å²) in [5, 5.41) is 11.6. The molecule has 0 spiro atoms. The first-order valence-electron chi connectivity index (χ1n) is 6.00. The lowest BCUT2D eigenvalue weighted by Gasteiger charge is -2.32. The van der Waals surface area contributed by atoms with Crippen molar-refractivity contribution in [3.8, 4) is 0 Å². The van der Waals surface area contributed by atoms with Crippen molar-refractivity contribution < 1.29 is 19.5 Å². The average Bonchev–Trinajstić information content (AvgIpc) is 2.85. The second kappa shape index (κ2) is 5.13. The van der Waals surface area contributed by atoms with Crippen molar-refractivity contribution in [2.45, 2.75) is 19.5 Å². The number of aromatic nitrogens is 1. The summed E-state index contributed by atoms with van der Waals surface area (Å²) in [6.45, 7) is 2.19. The summed E-state index contributed by atoms with van der Waals surface area (Å²) < 4.78 is 1.72. The first-order chi connectivity index (χ1) is 9.04. The summed E-state index contributed by atoms with van der Waals surface area (Å²) in [5.41, 5.74) is 0.392. The third-order valence-corrected chi connectivity index (χ3v) is 3.12. The fourth-order valence-corrected chi connectivity index (χ4v) is 2.11. The van der Waals surface area contributed by atoms with E-state index in [0.29, 0.717) is 12.2 Å². The molecule has 1 aromatic rings. The van der Waals surface area contributed by atoms with Gasteiger partial charge in [0.05, 0.1) is 0 Å². The van der Waals surface area contributed by atoms with E-state index in [9.17, 15) is 14.4 Å². The second-order valence-corrected chi connectivity index (χ2v) is 4.27. The number of hydrogen-bond acceptors (Lipinski definition) is 3. The molecule has 1 aliphatic heterocycles. The lowest BCUT2D eigenvalue weighted by molar-refractivity contribution is -0.144. The SMILES string of the molecule is CCn1cccc1C(=O)N1CC(=O)NCC1C(=O)O. The minimum Gasteiger partial charge on any atom is -0.480 e. The van der Waals surface area contributed by atoms with Crippen LogP contribution in [0, 0.1) is 0 Å². The molecular weight excluding hydrogens is 250 g/mol. The van der Waals surface area contributed by atoms with Crippen LogP contribution in [-0.4, -0.2) is 51.5 Å². The molecule has 1 atom stereocenters. The van der Waals surface area contributed by atoms with E-state index >= 15 is 0 Å². The van der Waals surface area contributed by atoms with Gasteiger partial charge in [-0.25, -0.2) is 4.79 Å². The summed E-state index contributed by atoms with van der Waals surface area (Å²) in [4.78, 5) is 36.0. The molecule has 0 radical (unpaired) electrons. The second-order valence-electron chi connectivity index (χ2n) is 4.27. The monoisotopic (exact) mass is 265 g/mol. The molecule has 1 saturated heterocycles. The first-order valence-corrected chi connectivity index (χ1v) is 6.00. The Hall–Kier alpha value is -2.31. The van der Waals surface area contributed by atoms with Gasteiger partial charge in [0, 0.05) is 19.3 Å². The van der Waals surface area contributed by atoms with Gasteiger partial charge in [-0.05, 0) is 19.1 Å². The van der Waals surface area contributed by atoms with E-state index in [4.69, 9.17) is 5.11 Å². The maximum Gasteiger partial charge on any atom is 0.328 e. The van der Waals surface area contributed by atoms with Gasteiger partial charge < -0.3 is 19.9 Å². The number of nitrogens with zero attached hydrogens (tertiary/aromatic N) is 2. The molecule has 19 heavy (non-hydrogen) atoms. The molecule has 1 aliphatic rings. The number of carboxylic acid groups (broad SMARTS) is 1. The largest absolute Gasteiger partial charge is 0.480 e. The molecule has 2 N–H and O–H groups in total. The highest BCUT2D eigenvalue weighted by molar-refractivity contribution is 5.99. The van der Waals surface area contributed by atoms with Crippen LogP contribution < -0.4 is 5.32 Å². The fraction of sp³-hybridized carbons (Fsp3) is 0.417. The van der Waals surface area contributed by atoms with Crippen molar-refractivity contribution in [2.24, 2.45) is 0 Å². The molecule has 0 saturated carbocycles. The summed E-state index contributed by atoms with van der Waals surface area (Å²) in [6.07, 6.45) is 1.74. The highest BCUT2D eigenvalue weighted by Gasteiger charge is 2.36. The van der Waals surface area contributed by atoms with Crippen molar-refractivity contribution >= 4 is 17.8 Å². The highest BCUT2D eigenvalue weighted by Crippen LogP contribution is 2.12. The fourth-order valence-electron chi connectivity index (χ4n) is 2.11. The van der Waals surface area contributed by atoms with E-state index in [1.165, 1.54) is 0 Å². The molecule has 2 amide bonds. The Morgan fingerprint density at radius 2 is 2.26 bits per heavy atom. The molecular formula is C12H15N3O4. The normalized spacial score (nSPS) is 19.1. The van der Waals surface area contributed by atoms with Gasteiger partial charge >= 0.3 is 5.97 Å². The minimum absolute atomic E-state index is 0.0628. The lowest BCUT2D eigenvalue weighted by atomic mass is 10.1. The van der Waals surface area contributed by atoms with Crippen LogP contribution in [0.5, 0.6) is 0 Å². The van der Waals surface area contributed by atoms with Gasteiger partial charge in [-0.15, -0.1) is 0 Å². The Morgan fingerprint density at radius 1 is 1.53 bits per heavy atom. The first kappa shape index (κ1) is 13.1. The maximum absolute atomic E-state index is 12.4. The van der Waals surface area contributed by atoms with Crippen molar-refractivity contribution in [1.29, 1.82) is 0 Å². The Balaban J connectivity index is 2.29. The Bertz CT molecular complexity index is 523. The van der Waals surface area contributed by atoms with Gasteiger partial charge in [-0.3, -0.25) is 9.59 Å². The van der Waals surface area contributed by atoms with E-state index in [1.807, 2.05) is 6.92 Å². The molecule has 0 bridgehead atoms. The predicted molar refractivity (Wildman–Crippen MR) is 65.6 cm³/mol. The van der Waals surface area contributed by atoms with Crippen molar-refractivity contribution in [3.63, 3.8) is 0 Å². The van der Waals surface area contributed by atoms with E-state index in [1.54, 1.807) is 22.9 Å². The van der Waals surface area contributed by atoms with E-state index in [0.717, 1.165) is 4.90 Å². The number of rotatable bonds is 3. The number of carbonyl (C=O) groups excluding carboxylic acids is 2. The molecule has 7 nitrogen and oxygen atoms in total. The number of aryl methyl sites for hydroxylation is 1. The van der Waals surface area contributed by atoms with E-state index in [2.05, 4.69) is 5.32 Å². The van der Waals surface area contributed by atoms with Gasteiger partial charge in [0.25, 0.3) is 5.91 Å². The Morgan fingerprint density at radius 3 is 2.89 bits per heavy atom. The molecule has 1 fully saturated rings. The zero-order valence-corrected chi connectivity index (χ0v) is 10.5. The third kappa shape index (κ3) is 2.44. The summed E-state index contributed by atoms with van der Waals surface area (Å²) in [7, 11) is 0. The van der Waals surface area contributed by atoms with Crippen LogP contribution in [0.1, 0.15) is 17.4 Å². The van der Waals surface area contributed by atoms with Gasteiger partial charge in [-0.1, -0.05) is 0 Å². The maximum atomic E-state index is 12.4. The Kier molecular flexibility index (Phi) is 3.55. The number of carboxylic acids is 1. The number of hydrogen-bond donors (Lipinski definition) is 2. The molecule has 7 heteroatoms. The standard InChI is InChI=1S/C12H15N3O4/c1-2-14-5-3-4-8(14)11(17)15-7-10(16)13-6-9(15)12(18)19/h3-5,9H,2,6-7H2,1H3,(H,13,16)(H,18,19). The molecule has 2 rings (SSSR count). The van der Waals surface area contributed by atoms with Crippen LogP contribution in [0.4, 0.5) is 0 Å².